The number of imidazole rings is 1. The molecule has 0 spiro atoms. The summed E-state index contributed by atoms with van der Waals surface area (Å²) < 4.78 is 3.02. The van der Waals surface area contributed by atoms with Crippen LogP contribution in [0.25, 0.3) is 4.96 Å². The Kier molecular flexibility index (Phi) is 4.42. The van der Waals surface area contributed by atoms with E-state index in [4.69, 9.17) is 12.2 Å². The molecule has 2 aromatic heterocycles. The number of thioether (sulfide) groups is 1. The summed E-state index contributed by atoms with van der Waals surface area (Å²) in [5.74, 6) is 0.851. The van der Waals surface area contributed by atoms with Crippen molar-refractivity contribution >= 4 is 44.6 Å². The highest BCUT2D eigenvalue weighted by atomic mass is 32.2. The topological polar surface area (TPSA) is 20.5 Å². The molecule has 0 radical (unpaired) electrons. The molecule has 0 bridgehead atoms. The second kappa shape index (κ2) is 5.84. The van der Waals surface area contributed by atoms with Gasteiger partial charge in [-0.15, -0.1) is 11.3 Å². The molecule has 6 heteroatoms. The van der Waals surface area contributed by atoms with Crippen molar-refractivity contribution in [1.29, 1.82) is 0 Å². The maximum atomic E-state index is 5.39. The summed E-state index contributed by atoms with van der Waals surface area (Å²) in [6, 6.07) is 0. The predicted octanol–water partition coefficient (Wildman–Crippen LogP) is 3.26. The van der Waals surface area contributed by atoms with Gasteiger partial charge in [0.25, 0.3) is 0 Å². The smallest absolute Gasteiger partial charge is 0.193 e. The normalized spacial score (nSPS) is 10.9. The Labute approximate surface area is 115 Å². The highest BCUT2D eigenvalue weighted by Crippen LogP contribution is 2.18. The van der Waals surface area contributed by atoms with E-state index >= 15 is 0 Å². The molecule has 0 unspecified atom stereocenters. The lowest BCUT2D eigenvalue weighted by molar-refractivity contribution is 0.482. The van der Waals surface area contributed by atoms with Gasteiger partial charge in [0.15, 0.2) is 4.96 Å². The number of thiazole rings is 1. The van der Waals surface area contributed by atoms with Gasteiger partial charge in [0.05, 0.1) is 5.69 Å². The summed E-state index contributed by atoms with van der Waals surface area (Å²) in [6.45, 7) is 6.20. The van der Waals surface area contributed by atoms with Crippen LogP contribution < -0.4 is 0 Å². The zero-order valence-corrected chi connectivity index (χ0v) is 12.4. The summed E-state index contributed by atoms with van der Waals surface area (Å²) in [7, 11) is 0. The Morgan fingerprint density at radius 2 is 2.29 bits per heavy atom. The van der Waals surface area contributed by atoms with E-state index in [1.807, 2.05) is 11.6 Å². The van der Waals surface area contributed by atoms with Gasteiger partial charge in [0, 0.05) is 36.6 Å². The predicted molar refractivity (Wildman–Crippen MR) is 79.9 cm³/mol. The second-order valence-corrected chi connectivity index (χ2v) is 6.03. The summed E-state index contributed by atoms with van der Waals surface area (Å²) in [5.41, 5.74) is 1.09. The maximum Gasteiger partial charge on any atom is 0.193 e. The van der Waals surface area contributed by atoms with E-state index in [0.717, 1.165) is 33.8 Å². The average molecular weight is 285 g/mol. The van der Waals surface area contributed by atoms with Crippen LogP contribution in [0.1, 0.15) is 19.5 Å². The lowest BCUT2D eigenvalue weighted by atomic mass is 10.6. The number of aromatic nitrogens is 2. The Hall–Kier alpha value is -0.590. The lowest BCUT2D eigenvalue weighted by Gasteiger charge is -2.20. The first kappa shape index (κ1) is 12.9. The molecule has 2 rings (SSSR count). The molecule has 0 saturated carbocycles. The average Bonchev–Trinajstić information content (AvgIpc) is 2.88. The van der Waals surface area contributed by atoms with Crippen LogP contribution in [0, 0.1) is 0 Å². The largest absolute Gasteiger partial charge is 0.358 e. The van der Waals surface area contributed by atoms with Crippen molar-refractivity contribution in [2.24, 2.45) is 0 Å². The minimum absolute atomic E-state index is 0.851. The van der Waals surface area contributed by atoms with Gasteiger partial charge in [0.1, 0.15) is 4.32 Å². The summed E-state index contributed by atoms with van der Waals surface area (Å²) in [6.07, 6.45) is 4.10. The molecular formula is C11H15N3S3. The third-order valence-corrected chi connectivity index (χ3v) is 4.84. The van der Waals surface area contributed by atoms with E-state index in [9.17, 15) is 0 Å². The van der Waals surface area contributed by atoms with Crippen molar-refractivity contribution in [1.82, 2.24) is 14.3 Å². The third kappa shape index (κ3) is 3.00. The van der Waals surface area contributed by atoms with Crippen LogP contribution in [0.2, 0.25) is 0 Å². The fraction of sp³-hybridized carbons (Fsp3) is 0.455. The van der Waals surface area contributed by atoms with Gasteiger partial charge in [-0.2, -0.15) is 0 Å². The second-order valence-electron chi connectivity index (χ2n) is 3.55. The minimum Gasteiger partial charge on any atom is -0.358 e. The van der Waals surface area contributed by atoms with E-state index in [-0.39, 0.29) is 0 Å². The molecule has 0 fully saturated rings. The van der Waals surface area contributed by atoms with Crippen molar-refractivity contribution in [3.05, 3.63) is 23.5 Å². The number of nitrogens with zero attached hydrogens (tertiary/aromatic N) is 3. The van der Waals surface area contributed by atoms with E-state index in [1.165, 1.54) is 0 Å². The van der Waals surface area contributed by atoms with Gasteiger partial charge in [0.2, 0.25) is 0 Å². The first-order valence-electron chi connectivity index (χ1n) is 5.57. The Balaban J connectivity index is 1.94. The molecule has 17 heavy (non-hydrogen) atoms. The van der Waals surface area contributed by atoms with Crippen molar-refractivity contribution in [2.75, 3.05) is 13.1 Å². The number of thiocarbonyl (C=S) groups is 1. The standard InChI is InChI=1S/C11H15N3S3/c1-3-13(4-2)11(15)17-8-9-7-14-5-6-16-10(14)12-9/h5-7H,3-4,8H2,1-2H3. The molecule has 92 valence electrons. The Morgan fingerprint density at radius 3 is 2.94 bits per heavy atom. The monoisotopic (exact) mass is 285 g/mol. The van der Waals surface area contributed by atoms with E-state index < -0.39 is 0 Å². The molecule has 0 saturated heterocycles. The van der Waals surface area contributed by atoms with Crippen molar-refractivity contribution in [3.8, 4) is 0 Å². The van der Waals surface area contributed by atoms with Crippen LogP contribution in [0.3, 0.4) is 0 Å². The zero-order chi connectivity index (χ0) is 12.3. The third-order valence-electron chi connectivity index (χ3n) is 2.51. The maximum absolute atomic E-state index is 5.39. The molecule has 0 atom stereocenters. The quantitative estimate of drug-likeness (QED) is 0.803. The summed E-state index contributed by atoms with van der Waals surface area (Å²) in [5, 5.41) is 2.04. The summed E-state index contributed by atoms with van der Waals surface area (Å²) >= 11 is 8.74. The number of hydrogen-bond acceptors (Lipinski definition) is 4. The van der Waals surface area contributed by atoms with Crippen LogP contribution in [0.4, 0.5) is 0 Å². The molecule has 0 amide bonds. The number of rotatable bonds is 4. The molecule has 0 aliphatic rings. The highest BCUT2D eigenvalue weighted by Gasteiger charge is 2.08. The molecule has 3 nitrogen and oxygen atoms in total. The first-order valence-corrected chi connectivity index (χ1v) is 7.84. The Morgan fingerprint density at radius 1 is 1.53 bits per heavy atom. The van der Waals surface area contributed by atoms with E-state index in [2.05, 4.69) is 34.3 Å². The summed E-state index contributed by atoms with van der Waals surface area (Å²) in [4.78, 5) is 7.78. The first-order chi connectivity index (χ1) is 8.24. The molecule has 2 heterocycles. The fourth-order valence-corrected chi connectivity index (χ4v) is 3.56. The van der Waals surface area contributed by atoms with Crippen LogP contribution in [-0.2, 0) is 5.75 Å². The molecule has 0 N–H and O–H groups in total. The van der Waals surface area contributed by atoms with Gasteiger partial charge in [-0.1, -0.05) is 24.0 Å². The van der Waals surface area contributed by atoms with Crippen molar-refractivity contribution in [3.63, 3.8) is 0 Å². The Bertz CT molecular complexity index is 470. The number of hydrogen-bond donors (Lipinski definition) is 0. The van der Waals surface area contributed by atoms with Crippen LogP contribution >= 0.6 is 35.3 Å². The van der Waals surface area contributed by atoms with E-state index in [0.29, 0.717) is 0 Å². The minimum atomic E-state index is 0.851. The van der Waals surface area contributed by atoms with Gasteiger partial charge in [-0.25, -0.2) is 4.98 Å². The zero-order valence-electron chi connectivity index (χ0n) is 9.92. The van der Waals surface area contributed by atoms with Gasteiger partial charge in [-0.05, 0) is 13.8 Å². The SMILES string of the molecule is CCN(CC)C(=S)SCc1cn2ccsc2n1. The van der Waals surface area contributed by atoms with Crippen molar-refractivity contribution < 1.29 is 0 Å². The molecular weight excluding hydrogens is 270 g/mol. The number of fused-ring (bicyclic) bond motifs is 1. The fourth-order valence-electron chi connectivity index (χ4n) is 1.55. The van der Waals surface area contributed by atoms with E-state index in [1.54, 1.807) is 23.1 Å². The molecule has 0 aliphatic heterocycles. The van der Waals surface area contributed by atoms with Crippen LogP contribution in [-0.4, -0.2) is 31.7 Å². The van der Waals surface area contributed by atoms with Gasteiger partial charge >= 0.3 is 0 Å². The lowest BCUT2D eigenvalue weighted by Crippen LogP contribution is -2.26. The van der Waals surface area contributed by atoms with Gasteiger partial charge in [-0.3, -0.25) is 4.40 Å². The highest BCUT2D eigenvalue weighted by molar-refractivity contribution is 8.22. The molecule has 0 aromatic carbocycles. The van der Waals surface area contributed by atoms with Crippen LogP contribution in [0.15, 0.2) is 17.8 Å². The van der Waals surface area contributed by atoms with Crippen molar-refractivity contribution in [2.45, 2.75) is 19.6 Å². The van der Waals surface area contributed by atoms with Gasteiger partial charge < -0.3 is 4.90 Å². The molecule has 2 aromatic rings. The van der Waals surface area contributed by atoms with Crippen LogP contribution in [0.5, 0.6) is 0 Å². The molecule has 0 aliphatic carbocycles.